The predicted molar refractivity (Wildman–Crippen MR) is 82.8 cm³/mol. The molecule has 0 aromatic heterocycles. The van der Waals surface area contributed by atoms with Gasteiger partial charge in [0, 0.05) is 5.56 Å². The summed E-state index contributed by atoms with van der Waals surface area (Å²) < 4.78 is 5.46. The molecule has 1 atom stereocenters. The van der Waals surface area contributed by atoms with Crippen molar-refractivity contribution in [2.24, 2.45) is 5.84 Å². The first-order valence-corrected chi connectivity index (χ1v) is 6.74. The molecular formula is C17H22N2O. The number of ether oxygens (including phenoxy) is 1. The zero-order chi connectivity index (χ0) is 14.7. The number of hydrogen-bond donors (Lipinski definition) is 2. The highest BCUT2D eigenvalue weighted by Crippen LogP contribution is 2.31. The van der Waals surface area contributed by atoms with Crippen molar-refractivity contribution >= 4 is 0 Å². The number of hydrazine groups is 1. The Balaban J connectivity index is 2.51. The molecule has 0 saturated carbocycles. The molecule has 0 amide bonds. The quantitative estimate of drug-likeness (QED) is 0.662. The number of nitrogens with one attached hydrogen (secondary N) is 1. The van der Waals surface area contributed by atoms with Gasteiger partial charge in [0.05, 0.1) is 13.2 Å². The van der Waals surface area contributed by atoms with Crippen LogP contribution in [-0.4, -0.2) is 7.11 Å². The minimum Gasteiger partial charge on any atom is -0.496 e. The van der Waals surface area contributed by atoms with E-state index in [9.17, 15) is 0 Å². The predicted octanol–water partition coefficient (Wildman–Crippen LogP) is 3.17. The van der Waals surface area contributed by atoms with E-state index in [0.29, 0.717) is 0 Å². The van der Waals surface area contributed by atoms with E-state index in [1.807, 2.05) is 12.1 Å². The van der Waals surface area contributed by atoms with Crippen LogP contribution in [0.15, 0.2) is 36.4 Å². The third-order valence-electron chi connectivity index (χ3n) is 3.73. The zero-order valence-corrected chi connectivity index (χ0v) is 12.5. The van der Waals surface area contributed by atoms with E-state index >= 15 is 0 Å². The van der Waals surface area contributed by atoms with Crippen molar-refractivity contribution < 1.29 is 4.74 Å². The Labute approximate surface area is 120 Å². The molecule has 0 fully saturated rings. The average Bonchev–Trinajstić information content (AvgIpc) is 2.44. The van der Waals surface area contributed by atoms with Gasteiger partial charge in [-0.05, 0) is 43.5 Å². The van der Waals surface area contributed by atoms with Crippen molar-refractivity contribution in [3.8, 4) is 5.75 Å². The van der Waals surface area contributed by atoms with Gasteiger partial charge in [-0.3, -0.25) is 5.84 Å². The van der Waals surface area contributed by atoms with Crippen molar-refractivity contribution in [3.63, 3.8) is 0 Å². The fourth-order valence-electron chi connectivity index (χ4n) is 2.39. The lowest BCUT2D eigenvalue weighted by Crippen LogP contribution is -2.29. The Morgan fingerprint density at radius 3 is 2.35 bits per heavy atom. The van der Waals surface area contributed by atoms with Crippen LogP contribution in [0, 0.1) is 20.8 Å². The molecule has 3 N–H and O–H groups in total. The molecule has 2 aromatic rings. The van der Waals surface area contributed by atoms with E-state index in [2.05, 4.69) is 50.5 Å². The molecule has 3 nitrogen and oxygen atoms in total. The smallest absolute Gasteiger partial charge is 0.124 e. The Morgan fingerprint density at radius 2 is 1.75 bits per heavy atom. The number of nitrogens with two attached hydrogens (primary N) is 1. The highest BCUT2D eigenvalue weighted by molar-refractivity contribution is 5.45. The van der Waals surface area contributed by atoms with E-state index < -0.39 is 0 Å². The van der Waals surface area contributed by atoms with Crippen LogP contribution in [0.25, 0.3) is 0 Å². The standard InChI is InChI=1S/C17H22N2O/c1-11-5-8-16(20-4)15(9-11)17(19-18)14-7-6-12(2)13(3)10-14/h5-10,17,19H,18H2,1-4H3. The summed E-state index contributed by atoms with van der Waals surface area (Å²) in [6, 6.07) is 12.4. The topological polar surface area (TPSA) is 47.3 Å². The molecule has 0 bridgehead atoms. The Morgan fingerprint density at radius 1 is 1.00 bits per heavy atom. The molecule has 0 radical (unpaired) electrons. The van der Waals surface area contributed by atoms with Crippen LogP contribution in [0.2, 0.25) is 0 Å². The number of methoxy groups -OCH3 is 1. The second kappa shape index (κ2) is 6.07. The third-order valence-corrected chi connectivity index (χ3v) is 3.73. The van der Waals surface area contributed by atoms with E-state index in [0.717, 1.165) is 16.9 Å². The van der Waals surface area contributed by atoms with Gasteiger partial charge in [0.25, 0.3) is 0 Å². The summed E-state index contributed by atoms with van der Waals surface area (Å²) in [7, 11) is 1.68. The van der Waals surface area contributed by atoms with E-state index in [1.165, 1.54) is 16.7 Å². The lowest BCUT2D eigenvalue weighted by atomic mass is 9.94. The number of aryl methyl sites for hydroxylation is 3. The lowest BCUT2D eigenvalue weighted by Gasteiger charge is -2.21. The highest BCUT2D eigenvalue weighted by Gasteiger charge is 2.17. The van der Waals surface area contributed by atoms with Crippen molar-refractivity contribution in [1.29, 1.82) is 0 Å². The Bertz CT molecular complexity index is 608. The monoisotopic (exact) mass is 270 g/mol. The van der Waals surface area contributed by atoms with Gasteiger partial charge in [-0.15, -0.1) is 0 Å². The molecule has 0 spiro atoms. The minimum absolute atomic E-state index is 0.0795. The molecule has 0 heterocycles. The third kappa shape index (κ3) is 2.84. The molecule has 20 heavy (non-hydrogen) atoms. The van der Waals surface area contributed by atoms with Crippen LogP contribution in [0.3, 0.4) is 0 Å². The summed E-state index contributed by atoms with van der Waals surface area (Å²) in [4.78, 5) is 0. The Kier molecular flexibility index (Phi) is 4.42. The SMILES string of the molecule is COc1ccc(C)cc1C(NN)c1ccc(C)c(C)c1. The van der Waals surface area contributed by atoms with Gasteiger partial charge in [-0.1, -0.05) is 35.9 Å². The summed E-state index contributed by atoms with van der Waals surface area (Å²) in [5.41, 5.74) is 8.82. The molecule has 0 aliphatic heterocycles. The van der Waals surface area contributed by atoms with Crippen molar-refractivity contribution in [3.05, 3.63) is 64.2 Å². The fourth-order valence-corrected chi connectivity index (χ4v) is 2.39. The van der Waals surface area contributed by atoms with Crippen LogP contribution < -0.4 is 16.0 Å². The number of benzene rings is 2. The number of hydrogen-bond acceptors (Lipinski definition) is 3. The molecule has 2 rings (SSSR count). The van der Waals surface area contributed by atoms with Crippen LogP contribution in [0.5, 0.6) is 5.75 Å². The molecular weight excluding hydrogens is 248 g/mol. The van der Waals surface area contributed by atoms with Crippen molar-refractivity contribution in [2.45, 2.75) is 26.8 Å². The van der Waals surface area contributed by atoms with Gasteiger partial charge in [0.2, 0.25) is 0 Å². The normalized spacial score (nSPS) is 12.2. The maximum atomic E-state index is 5.79. The van der Waals surface area contributed by atoms with Gasteiger partial charge >= 0.3 is 0 Å². The zero-order valence-electron chi connectivity index (χ0n) is 12.5. The maximum absolute atomic E-state index is 5.79. The van der Waals surface area contributed by atoms with Crippen molar-refractivity contribution in [2.75, 3.05) is 7.11 Å². The Hall–Kier alpha value is -1.84. The van der Waals surface area contributed by atoms with Gasteiger partial charge in [-0.25, -0.2) is 5.43 Å². The molecule has 0 saturated heterocycles. The fraction of sp³-hybridized carbons (Fsp3) is 0.294. The van der Waals surface area contributed by atoms with Gasteiger partial charge in [0.1, 0.15) is 5.75 Å². The van der Waals surface area contributed by atoms with Gasteiger partial charge < -0.3 is 4.74 Å². The van der Waals surface area contributed by atoms with E-state index in [-0.39, 0.29) is 6.04 Å². The maximum Gasteiger partial charge on any atom is 0.124 e. The second-order valence-electron chi connectivity index (χ2n) is 5.19. The first-order valence-electron chi connectivity index (χ1n) is 6.74. The first kappa shape index (κ1) is 14.6. The lowest BCUT2D eigenvalue weighted by molar-refractivity contribution is 0.404. The largest absolute Gasteiger partial charge is 0.496 e. The molecule has 0 aliphatic carbocycles. The van der Waals surface area contributed by atoms with Crippen LogP contribution in [-0.2, 0) is 0 Å². The van der Waals surface area contributed by atoms with Crippen LogP contribution in [0.4, 0.5) is 0 Å². The number of rotatable bonds is 4. The molecule has 0 aliphatic rings. The summed E-state index contributed by atoms with van der Waals surface area (Å²) in [6.07, 6.45) is 0. The minimum atomic E-state index is -0.0795. The summed E-state index contributed by atoms with van der Waals surface area (Å²) in [5.74, 6) is 6.64. The highest BCUT2D eigenvalue weighted by atomic mass is 16.5. The molecule has 3 heteroatoms. The summed E-state index contributed by atoms with van der Waals surface area (Å²) in [6.45, 7) is 6.29. The summed E-state index contributed by atoms with van der Waals surface area (Å²) >= 11 is 0. The van der Waals surface area contributed by atoms with Gasteiger partial charge in [0.15, 0.2) is 0 Å². The van der Waals surface area contributed by atoms with E-state index in [1.54, 1.807) is 7.11 Å². The average molecular weight is 270 g/mol. The second-order valence-corrected chi connectivity index (χ2v) is 5.19. The van der Waals surface area contributed by atoms with Crippen molar-refractivity contribution in [1.82, 2.24) is 5.43 Å². The van der Waals surface area contributed by atoms with Crippen LogP contribution >= 0.6 is 0 Å². The van der Waals surface area contributed by atoms with Crippen LogP contribution in [0.1, 0.15) is 33.9 Å². The summed E-state index contributed by atoms with van der Waals surface area (Å²) in [5, 5.41) is 0. The van der Waals surface area contributed by atoms with E-state index in [4.69, 9.17) is 10.6 Å². The molecule has 2 aromatic carbocycles. The molecule has 106 valence electrons. The first-order chi connectivity index (χ1) is 9.56. The molecule has 1 unspecified atom stereocenters. The van der Waals surface area contributed by atoms with Gasteiger partial charge in [-0.2, -0.15) is 0 Å².